The van der Waals surface area contributed by atoms with Crippen molar-refractivity contribution in [2.75, 3.05) is 10.6 Å². The summed E-state index contributed by atoms with van der Waals surface area (Å²) < 4.78 is 0. The fraction of sp³-hybridized carbons (Fsp3) is 0.385. The summed E-state index contributed by atoms with van der Waals surface area (Å²) >= 11 is 0. The molecule has 3 atom stereocenters. The fourth-order valence-electron chi connectivity index (χ4n) is 5.51. The predicted molar refractivity (Wildman–Crippen MR) is 197 cm³/mol. The molecule has 3 aromatic carbocycles. The maximum Gasteiger partial charge on any atom is 0.326 e. The van der Waals surface area contributed by atoms with E-state index < -0.39 is 41.8 Å². The monoisotopic (exact) mass is 696 g/mol. The van der Waals surface area contributed by atoms with Crippen LogP contribution in [-0.2, 0) is 32.0 Å². The minimum atomic E-state index is -1.30. The molecule has 0 heterocycles. The number of aliphatic imine (C=N–C) groups is 1. The number of carboxylic acids is 2. The molecule has 270 valence electrons. The van der Waals surface area contributed by atoms with Crippen LogP contribution >= 0.6 is 0 Å². The number of benzene rings is 3. The number of aryl methyl sites for hydroxylation is 1. The summed E-state index contributed by atoms with van der Waals surface area (Å²) in [5.41, 5.74) is 3.89. The Morgan fingerprint density at radius 3 is 1.73 bits per heavy atom. The summed E-state index contributed by atoms with van der Waals surface area (Å²) in [5.74, 6) is -3.63. The lowest BCUT2D eigenvalue weighted by molar-refractivity contribution is -0.142. The van der Waals surface area contributed by atoms with Crippen molar-refractivity contribution in [3.8, 4) is 6.19 Å². The lowest BCUT2D eigenvalue weighted by atomic mass is 9.88. The lowest BCUT2D eigenvalue weighted by Crippen LogP contribution is -2.45. The average Bonchev–Trinajstić information content (AvgIpc) is 3.04. The zero-order chi connectivity index (χ0) is 37.7. The van der Waals surface area contributed by atoms with E-state index in [4.69, 9.17) is 0 Å². The van der Waals surface area contributed by atoms with Gasteiger partial charge in [-0.25, -0.2) is 9.59 Å². The van der Waals surface area contributed by atoms with Crippen LogP contribution in [0.5, 0.6) is 0 Å². The third-order valence-corrected chi connectivity index (χ3v) is 7.98. The van der Waals surface area contributed by atoms with Gasteiger partial charge in [0.25, 0.3) is 0 Å². The minimum absolute atomic E-state index is 0.0562. The van der Waals surface area contributed by atoms with E-state index in [1.54, 1.807) is 54.7 Å². The number of guanidine groups is 1. The molecular weight excluding hydrogens is 648 g/mol. The summed E-state index contributed by atoms with van der Waals surface area (Å²) in [4.78, 5) is 54.7. The molecule has 0 saturated heterocycles. The molecule has 6 N–H and O–H groups in total. The van der Waals surface area contributed by atoms with Crippen LogP contribution in [0.4, 0.5) is 11.4 Å². The van der Waals surface area contributed by atoms with E-state index in [2.05, 4.69) is 26.3 Å². The molecule has 0 radical (unpaired) electrons. The first kappa shape index (κ1) is 39.7. The average molecular weight is 697 g/mol. The van der Waals surface area contributed by atoms with E-state index in [9.17, 15) is 34.7 Å². The molecule has 3 aromatic rings. The normalized spacial score (nSPS) is 13.3. The number of rotatable bonds is 15. The number of anilines is 2. The first-order valence-electron chi connectivity index (χ1n) is 16.8. The summed E-state index contributed by atoms with van der Waals surface area (Å²) in [6.07, 6.45) is 2.23. The Hall–Kier alpha value is -5.70. The number of amides is 2. The van der Waals surface area contributed by atoms with Crippen molar-refractivity contribution in [3.63, 3.8) is 0 Å². The molecule has 51 heavy (non-hydrogen) atoms. The van der Waals surface area contributed by atoms with Crippen LogP contribution in [0.2, 0.25) is 0 Å². The molecule has 0 bridgehead atoms. The molecule has 12 nitrogen and oxygen atoms in total. The number of nitrogens with zero attached hydrogens (tertiary/aromatic N) is 2. The minimum Gasteiger partial charge on any atom is -0.480 e. The zero-order valence-corrected chi connectivity index (χ0v) is 30.0. The highest BCUT2D eigenvalue weighted by molar-refractivity contribution is 6.04. The van der Waals surface area contributed by atoms with E-state index >= 15 is 0 Å². The lowest BCUT2D eigenvalue weighted by Gasteiger charge is -2.24. The Balaban J connectivity index is 1.77. The van der Waals surface area contributed by atoms with Crippen molar-refractivity contribution in [3.05, 3.63) is 95.1 Å². The fourth-order valence-corrected chi connectivity index (χ4v) is 5.51. The van der Waals surface area contributed by atoms with Gasteiger partial charge in [-0.05, 0) is 65.6 Å². The van der Waals surface area contributed by atoms with Crippen LogP contribution < -0.4 is 21.3 Å². The third kappa shape index (κ3) is 13.3. The largest absolute Gasteiger partial charge is 0.480 e. The van der Waals surface area contributed by atoms with Gasteiger partial charge >= 0.3 is 11.9 Å². The molecule has 0 aliphatic rings. The van der Waals surface area contributed by atoms with Gasteiger partial charge < -0.3 is 31.5 Å². The number of nitrogens with one attached hydrogen (secondary N) is 4. The zero-order valence-electron chi connectivity index (χ0n) is 30.0. The van der Waals surface area contributed by atoms with Crippen molar-refractivity contribution in [1.29, 1.82) is 5.26 Å². The Morgan fingerprint density at radius 2 is 1.27 bits per heavy atom. The number of carbonyl (C=O) groups excluding carboxylic acids is 2. The quantitative estimate of drug-likeness (QED) is 0.0643. The highest BCUT2D eigenvalue weighted by atomic mass is 16.4. The van der Waals surface area contributed by atoms with Gasteiger partial charge in [-0.15, -0.1) is 4.99 Å². The van der Waals surface area contributed by atoms with E-state index in [1.807, 2.05) is 65.8 Å². The summed E-state index contributed by atoms with van der Waals surface area (Å²) in [6, 6.07) is 19.0. The summed E-state index contributed by atoms with van der Waals surface area (Å²) in [6.45, 7) is 11.6. The van der Waals surface area contributed by atoms with Crippen molar-refractivity contribution in [2.45, 2.75) is 85.2 Å². The van der Waals surface area contributed by atoms with Gasteiger partial charge in [0.2, 0.25) is 24.0 Å². The maximum absolute atomic E-state index is 13.8. The molecular formula is C39H48N6O6. The topological polar surface area (TPSA) is 193 Å². The number of carbonyl (C=O) groups is 4. The van der Waals surface area contributed by atoms with Crippen molar-refractivity contribution in [2.24, 2.45) is 16.3 Å². The molecule has 0 saturated carbocycles. The number of aliphatic carboxylic acids is 2. The second-order valence-corrected chi connectivity index (χ2v) is 14.3. The van der Waals surface area contributed by atoms with Crippen molar-refractivity contribution < 1.29 is 29.4 Å². The molecule has 0 aliphatic carbocycles. The van der Waals surface area contributed by atoms with Gasteiger partial charge in [0.1, 0.15) is 12.1 Å². The van der Waals surface area contributed by atoms with Gasteiger partial charge in [-0.2, -0.15) is 5.26 Å². The number of nitriles is 1. The van der Waals surface area contributed by atoms with Crippen molar-refractivity contribution >= 4 is 41.1 Å². The highest BCUT2D eigenvalue weighted by Gasteiger charge is 2.29. The van der Waals surface area contributed by atoms with Crippen LogP contribution in [0.25, 0.3) is 0 Å². The molecule has 0 aliphatic heterocycles. The third-order valence-electron chi connectivity index (χ3n) is 7.98. The molecule has 3 unspecified atom stereocenters. The maximum atomic E-state index is 13.8. The first-order chi connectivity index (χ1) is 24.0. The van der Waals surface area contributed by atoms with Crippen molar-refractivity contribution in [1.82, 2.24) is 10.6 Å². The Bertz CT molecular complexity index is 1740. The van der Waals surface area contributed by atoms with Crippen LogP contribution in [0.1, 0.15) is 75.6 Å². The van der Waals surface area contributed by atoms with Gasteiger partial charge in [0.15, 0.2) is 0 Å². The first-order valence-corrected chi connectivity index (χ1v) is 16.8. The molecule has 0 fully saturated rings. The van der Waals surface area contributed by atoms with E-state index in [1.165, 1.54) is 0 Å². The van der Waals surface area contributed by atoms with Crippen LogP contribution in [0.3, 0.4) is 0 Å². The van der Waals surface area contributed by atoms with E-state index in [0.29, 0.717) is 28.8 Å². The van der Waals surface area contributed by atoms with Crippen LogP contribution in [-0.4, -0.2) is 52.0 Å². The van der Waals surface area contributed by atoms with Crippen LogP contribution in [0, 0.1) is 29.7 Å². The van der Waals surface area contributed by atoms with Gasteiger partial charge in [-0.1, -0.05) is 88.7 Å². The molecule has 0 aromatic heterocycles. The molecule has 0 spiro atoms. The number of carboxylic acid groups (broad SMARTS) is 2. The van der Waals surface area contributed by atoms with Gasteiger partial charge in [0.05, 0.1) is 5.92 Å². The van der Waals surface area contributed by atoms with Gasteiger partial charge in [-0.3, -0.25) is 9.59 Å². The summed E-state index contributed by atoms with van der Waals surface area (Å²) in [5, 5.41) is 40.7. The summed E-state index contributed by atoms with van der Waals surface area (Å²) in [7, 11) is 0. The second-order valence-electron chi connectivity index (χ2n) is 14.3. The molecule has 2 amide bonds. The Morgan fingerprint density at radius 1 is 0.784 bits per heavy atom. The smallest absolute Gasteiger partial charge is 0.326 e. The number of hydrogen-bond donors (Lipinski definition) is 6. The second kappa shape index (κ2) is 18.3. The Labute approximate surface area is 299 Å². The van der Waals surface area contributed by atoms with E-state index in [0.717, 1.165) is 11.3 Å². The molecule has 3 rings (SSSR count). The van der Waals surface area contributed by atoms with Gasteiger partial charge in [0, 0.05) is 30.6 Å². The molecule has 12 heteroatoms. The number of hydrogen-bond acceptors (Lipinski definition) is 6. The predicted octanol–water partition coefficient (Wildman–Crippen LogP) is 5.85. The standard InChI is InChI=1S/C39H48N6O6/c1-24(2)19-31(26-13-17-30(18-14-26)43-38(41-23-40)42-29-15-11-25(3)12-16-29)35(47)45-33(37(50)51)21-28-10-8-7-9-27(28)20-32(36(48)49)44-34(46)22-39(4,5)6/h7-18,24,31-33H,19-22H2,1-6H3,(H,44,46)(H,45,47)(H,48,49)(H,50,51)(H2,41,42,43). The Kier molecular flexibility index (Phi) is 14.3. The van der Waals surface area contributed by atoms with E-state index in [-0.39, 0.29) is 36.6 Å². The van der Waals surface area contributed by atoms with Crippen LogP contribution in [0.15, 0.2) is 77.8 Å². The SMILES string of the molecule is Cc1ccc(NC(=NC#N)Nc2ccc(C(CC(C)C)C(=O)NC(Cc3ccccc3CC(NC(=O)CC(C)(C)C)C(=O)O)C(=O)O)cc2)cc1. The highest BCUT2D eigenvalue weighted by Crippen LogP contribution is 2.27.